The van der Waals surface area contributed by atoms with Crippen molar-refractivity contribution in [2.75, 3.05) is 12.3 Å². The molecular weight excluding hydrogens is 278 g/mol. The van der Waals surface area contributed by atoms with E-state index in [2.05, 4.69) is 39.9 Å². The molecule has 1 N–H and O–H groups in total. The molecule has 0 amide bonds. The molecule has 1 aliphatic carbocycles. The molecule has 0 aromatic carbocycles. The van der Waals surface area contributed by atoms with Crippen molar-refractivity contribution in [2.45, 2.75) is 37.5 Å². The van der Waals surface area contributed by atoms with Gasteiger partial charge in [-0.1, -0.05) is 11.8 Å². The summed E-state index contributed by atoms with van der Waals surface area (Å²) in [6.07, 6.45) is 2.43. The van der Waals surface area contributed by atoms with E-state index in [0.717, 1.165) is 24.0 Å². The highest BCUT2D eigenvalue weighted by Crippen LogP contribution is 2.36. The van der Waals surface area contributed by atoms with Gasteiger partial charge in [0.25, 0.3) is 0 Å². The van der Waals surface area contributed by atoms with Gasteiger partial charge >= 0.3 is 0 Å². The molecule has 2 aromatic heterocycles. The number of thioether (sulfide) groups is 1. The predicted octanol–water partition coefficient (Wildman–Crippen LogP) is 2.26. The highest BCUT2D eigenvalue weighted by atomic mass is 32.2. The topological polar surface area (TPSA) is 55.6 Å². The minimum absolute atomic E-state index is 0.555. The maximum atomic E-state index is 4.08. The number of rotatable bonds is 7. The van der Waals surface area contributed by atoms with Gasteiger partial charge in [0.05, 0.1) is 6.04 Å². The Hall–Kier alpha value is -0.920. The molecule has 0 aliphatic heterocycles. The fourth-order valence-corrected chi connectivity index (χ4v) is 3.54. The largest absolute Gasteiger partial charge is 0.311 e. The minimum Gasteiger partial charge on any atom is -0.311 e. The average Bonchev–Trinajstić information content (AvgIpc) is 3.00. The predicted molar refractivity (Wildman–Crippen MR) is 77.6 cm³/mol. The Kier molecular flexibility index (Phi) is 4.15. The molecule has 19 heavy (non-hydrogen) atoms. The molecule has 0 atom stereocenters. The summed E-state index contributed by atoms with van der Waals surface area (Å²) in [7, 11) is 0. The highest BCUT2D eigenvalue weighted by Gasteiger charge is 2.27. The number of hydrogen-bond acceptors (Lipinski definition) is 6. The quantitative estimate of drug-likeness (QED) is 0.627. The smallest absolute Gasteiger partial charge is 0.209 e. The molecule has 1 aliphatic rings. The van der Waals surface area contributed by atoms with E-state index in [1.165, 1.54) is 22.6 Å². The van der Waals surface area contributed by atoms with Crippen molar-refractivity contribution in [3.8, 4) is 0 Å². The number of nitrogens with zero attached hydrogens (tertiary/aromatic N) is 4. The highest BCUT2D eigenvalue weighted by molar-refractivity contribution is 7.99. The van der Waals surface area contributed by atoms with Crippen LogP contribution < -0.4 is 5.32 Å². The first-order valence-corrected chi connectivity index (χ1v) is 8.30. The normalized spacial score (nSPS) is 15.0. The van der Waals surface area contributed by atoms with Crippen molar-refractivity contribution < 1.29 is 0 Å². The molecule has 0 radical (unpaired) electrons. The first-order chi connectivity index (χ1) is 9.33. The maximum Gasteiger partial charge on any atom is 0.209 e. The second kappa shape index (κ2) is 6.02. The number of thiophene rings is 1. The zero-order valence-corrected chi connectivity index (χ0v) is 12.5. The van der Waals surface area contributed by atoms with Crippen LogP contribution in [0.15, 0.2) is 17.3 Å². The Labute approximate surface area is 120 Å². The van der Waals surface area contributed by atoms with Gasteiger partial charge in [-0.15, -0.1) is 16.4 Å². The molecule has 1 fully saturated rings. The molecule has 0 bridgehead atoms. The summed E-state index contributed by atoms with van der Waals surface area (Å²) in [5, 5.41) is 16.3. The van der Waals surface area contributed by atoms with Crippen LogP contribution >= 0.6 is 23.1 Å². The Balaban J connectivity index is 1.37. The van der Waals surface area contributed by atoms with Crippen molar-refractivity contribution >= 4 is 23.1 Å². The van der Waals surface area contributed by atoms with Crippen LogP contribution in [-0.4, -0.2) is 32.5 Å². The van der Waals surface area contributed by atoms with Crippen LogP contribution in [0.3, 0.4) is 0 Å². The second-order valence-electron chi connectivity index (χ2n) is 4.67. The van der Waals surface area contributed by atoms with Gasteiger partial charge < -0.3 is 5.32 Å². The monoisotopic (exact) mass is 295 g/mol. The number of aromatic nitrogens is 4. The van der Waals surface area contributed by atoms with E-state index < -0.39 is 0 Å². The van der Waals surface area contributed by atoms with Crippen LogP contribution in [0.2, 0.25) is 0 Å². The summed E-state index contributed by atoms with van der Waals surface area (Å²) >= 11 is 3.58. The number of nitrogens with one attached hydrogen (secondary N) is 1. The van der Waals surface area contributed by atoms with E-state index in [-0.39, 0.29) is 0 Å². The molecule has 3 rings (SSSR count). The van der Waals surface area contributed by atoms with E-state index >= 15 is 0 Å². The molecule has 7 heteroatoms. The summed E-state index contributed by atoms with van der Waals surface area (Å²) in [6.45, 7) is 4.06. The molecular formula is C12H17N5S2. The van der Waals surface area contributed by atoms with Gasteiger partial charge in [-0.05, 0) is 42.3 Å². The van der Waals surface area contributed by atoms with E-state index in [1.807, 2.05) is 16.0 Å². The van der Waals surface area contributed by atoms with Gasteiger partial charge in [0.15, 0.2) is 0 Å². The van der Waals surface area contributed by atoms with Crippen molar-refractivity contribution in [1.82, 2.24) is 25.5 Å². The summed E-state index contributed by atoms with van der Waals surface area (Å²) in [6, 6.07) is 4.91. The van der Waals surface area contributed by atoms with Gasteiger partial charge in [-0.3, -0.25) is 0 Å². The molecule has 2 heterocycles. The Morgan fingerprint density at radius 1 is 1.47 bits per heavy atom. The average molecular weight is 295 g/mol. The zero-order valence-electron chi connectivity index (χ0n) is 10.9. The summed E-state index contributed by atoms with van der Waals surface area (Å²) in [5.41, 5.74) is 0. The van der Waals surface area contributed by atoms with Gasteiger partial charge in [-0.25, -0.2) is 4.68 Å². The van der Waals surface area contributed by atoms with Crippen LogP contribution in [-0.2, 0) is 6.54 Å². The third-order valence-corrected chi connectivity index (χ3v) is 4.90. The van der Waals surface area contributed by atoms with Gasteiger partial charge in [0.2, 0.25) is 5.16 Å². The Bertz CT molecular complexity index is 532. The lowest BCUT2D eigenvalue weighted by Gasteiger charge is -2.03. The number of aryl methyl sites for hydroxylation is 1. The lowest BCUT2D eigenvalue weighted by molar-refractivity contribution is 0.565. The third kappa shape index (κ3) is 3.55. The lowest BCUT2D eigenvalue weighted by Crippen LogP contribution is -2.16. The van der Waals surface area contributed by atoms with Crippen LogP contribution in [0.4, 0.5) is 0 Å². The van der Waals surface area contributed by atoms with Crippen molar-refractivity contribution in [3.63, 3.8) is 0 Å². The standard InChI is InChI=1S/C12H17N5S2/c1-9-2-5-11(19-9)8-13-6-7-18-12-14-15-16-17(12)10-3-4-10/h2,5,10,13H,3-4,6-8H2,1H3. The second-order valence-corrected chi connectivity index (χ2v) is 7.11. The number of tetrazole rings is 1. The van der Waals surface area contributed by atoms with Crippen molar-refractivity contribution in [1.29, 1.82) is 0 Å². The van der Waals surface area contributed by atoms with E-state index in [9.17, 15) is 0 Å². The van der Waals surface area contributed by atoms with Gasteiger partial charge in [0, 0.05) is 28.6 Å². The van der Waals surface area contributed by atoms with Crippen molar-refractivity contribution in [2.24, 2.45) is 0 Å². The van der Waals surface area contributed by atoms with E-state index in [1.54, 1.807) is 11.8 Å². The Morgan fingerprint density at radius 3 is 3.11 bits per heavy atom. The number of hydrogen-bond donors (Lipinski definition) is 1. The van der Waals surface area contributed by atoms with E-state index in [0.29, 0.717) is 6.04 Å². The zero-order chi connectivity index (χ0) is 13.1. The van der Waals surface area contributed by atoms with Crippen LogP contribution in [0, 0.1) is 6.92 Å². The fourth-order valence-electron chi connectivity index (χ4n) is 1.83. The van der Waals surface area contributed by atoms with Crippen LogP contribution in [0.1, 0.15) is 28.6 Å². The third-order valence-electron chi connectivity index (χ3n) is 2.96. The van der Waals surface area contributed by atoms with Gasteiger partial charge in [-0.2, -0.15) is 0 Å². The molecule has 0 spiro atoms. The summed E-state index contributed by atoms with van der Waals surface area (Å²) < 4.78 is 1.97. The van der Waals surface area contributed by atoms with Crippen LogP contribution in [0.5, 0.6) is 0 Å². The van der Waals surface area contributed by atoms with Crippen LogP contribution in [0.25, 0.3) is 0 Å². The fraction of sp³-hybridized carbons (Fsp3) is 0.583. The SMILES string of the molecule is Cc1ccc(CNCCSc2nnnn2C2CC2)s1. The molecule has 102 valence electrons. The maximum absolute atomic E-state index is 4.08. The summed E-state index contributed by atoms with van der Waals surface area (Å²) in [5.74, 6) is 0.997. The summed E-state index contributed by atoms with van der Waals surface area (Å²) in [4.78, 5) is 2.76. The van der Waals surface area contributed by atoms with E-state index in [4.69, 9.17) is 0 Å². The molecule has 0 saturated heterocycles. The molecule has 0 unspecified atom stereocenters. The van der Waals surface area contributed by atoms with Gasteiger partial charge in [0.1, 0.15) is 0 Å². The molecule has 1 saturated carbocycles. The van der Waals surface area contributed by atoms with Crippen molar-refractivity contribution in [3.05, 3.63) is 21.9 Å². The first kappa shape index (κ1) is 13.1. The Morgan fingerprint density at radius 2 is 2.37 bits per heavy atom. The molecule has 2 aromatic rings. The lowest BCUT2D eigenvalue weighted by atomic mass is 10.4. The first-order valence-electron chi connectivity index (χ1n) is 6.49. The minimum atomic E-state index is 0.555. The molecule has 5 nitrogen and oxygen atoms in total.